The summed E-state index contributed by atoms with van der Waals surface area (Å²) in [6.45, 7) is 1.96. The lowest BCUT2D eigenvalue weighted by Gasteiger charge is -2.15. The van der Waals surface area contributed by atoms with E-state index in [1.165, 1.54) is 14.0 Å². The van der Waals surface area contributed by atoms with Gasteiger partial charge in [0, 0.05) is 5.56 Å². The molecule has 0 saturated heterocycles. The molecule has 0 aliphatic carbocycles. The van der Waals surface area contributed by atoms with Gasteiger partial charge in [0.1, 0.15) is 12.7 Å². The van der Waals surface area contributed by atoms with Crippen molar-refractivity contribution >= 4 is 16.8 Å². The number of aliphatic hydroxyl groups is 1. The molecule has 0 aliphatic rings. The molecule has 1 unspecified atom stereocenters. The second-order valence-corrected chi connectivity index (χ2v) is 5.77. The quantitative estimate of drug-likeness (QED) is 0.670. The summed E-state index contributed by atoms with van der Waals surface area (Å²) in [6, 6.07) is 12.7. The van der Waals surface area contributed by atoms with Gasteiger partial charge in [0.25, 0.3) is 0 Å². The fourth-order valence-corrected chi connectivity index (χ4v) is 2.63. The number of Topliss-reactive ketones (excluding diaryl/α,β-unsaturated/α-hetero) is 1. The van der Waals surface area contributed by atoms with E-state index in [0.29, 0.717) is 23.6 Å². The van der Waals surface area contributed by atoms with Gasteiger partial charge in [0.2, 0.25) is 0 Å². The van der Waals surface area contributed by atoms with E-state index in [2.05, 4.69) is 4.98 Å². The zero-order valence-electron chi connectivity index (χ0n) is 14.2. The summed E-state index contributed by atoms with van der Waals surface area (Å²) < 4.78 is 12.8. The number of rotatable bonds is 7. The Bertz CT molecular complexity index is 888. The molecule has 0 amide bonds. The van der Waals surface area contributed by atoms with Crippen LogP contribution in [0, 0.1) is 0 Å². The van der Waals surface area contributed by atoms with Crippen molar-refractivity contribution in [1.82, 2.24) is 9.55 Å². The fourth-order valence-electron chi connectivity index (χ4n) is 2.63. The Hall–Kier alpha value is -2.86. The molecule has 2 aromatic carbocycles. The maximum absolute atomic E-state index is 11.4. The highest BCUT2D eigenvalue weighted by Crippen LogP contribution is 2.28. The number of benzene rings is 2. The zero-order valence-corrected chi connectivity index (χ0v) is 14.2. The summed E-state index contributed by atoms with van der Waals surface area (Å²) in [4.78, 5) is 15.7. The molecule has 0 fully saturated rings. The van der Waals surface area contributed by atoms with Gasteiger partial charge in [-0.3, -0.25) is 4.79 Å². The first-order valence-electron chi connectivity index (χ1n) is 7.98. The standard InChI is InChI=1S/C19H20N2O4/c1-13(22)14-7-8-18(19(9-14)24-2)25-11-15(23)10-21-12-20-16-5-3-4-6-17(16)21/h3-9,12,15,23H,10-11H2,1-2H3. The Morgan fingerprint density at radius 2 is 2.04 bits per heavy atom. The van der Waals surface area contributed by atoms with Gasteiger partial charge in [-0.05, 0) is 37.3 Å². The Balaban J connectivity index is 1.66. The van der Waals surface area contributed by atoms with Crippen molar-refractivity contribution in [2.75, 3.05) is 13.7 Å². The van der Waals surface area contributed by atoms with E-state index >= 15 is 0 Å². The van der Waals surface area contributed by atoms with Gasteiger partial charge in [0.05, 0.1) is 31.0 Å². The summed E-state index contributed by atoms with van der Waals surface area (Å²) in [5.74, 6) is 0.909. The van der Waals surface area contributed by atoms with Crippen molar-refractivity contribution in [3.05, 3.63) is 54.4 Å². The van der Waals surface area contributed by atoms with E-state index in [1.807, 2.05) is 28.8 Å². The maximum atomic E-state index is 11.4. The van der Waals surface area contributed by atoms with Crippen molar-refractivity contribution < 1.29 is 19.4 Å². The van der Waals surface area contributed by atoms with E-state index in [0.717, 1.165) is 11.0 Å². The number of fused-ring (bicyclic) bond motifs is 1. The van der Waals surface area contributed by atoms with Crippen LogP contribution in [0.25, 0.3) is 11.0 Å². The summed E-state index contributed by atoms with van der Waals surface area (Å²) in [5, 5.41) is 10.3. The summed E-state index contributed by atoms with van der Waals surface area (Å²) in [5.41, 5.74) is 2.40. The second kappa shape index (κ2) is 7.36. The number of aromatic nitrogens is 2. The molecule has 6 nitrogen and oxygen atoms in total. The van der Waals surface area contributed by atoms with Gasteiger partial charge < -0.3 is 19.1 Å². The molecule has 1 aromatic heterocycles. The molecule has 0 bridgehead atoms. The third-order valence-corrected chi connectivity index (χ3v) is 3.94. The fraction of sp³-hybridized carbons (Fsp3) is 0.263. The number of hydrogen-bond donors (Lipinski definition) is 1. The molecule has 6 heteroatoms. The number of ketones is 1. The van der Waals surface area contributed by atoms with Crippen LogP contribution in [-0.4, -0.2) is 40.3 Å². The minimum absolute atomic E-state index is 0.0446. The number of imidazole rings is 1. The van der Waals surface area contributed by atoms with Crippen molar-refractivity contribution in [1.29, 1.82) is 0 Å². The van der Waals surface area contributed by atoms with E-state index in [-0.39, 0.29) is 12.4 Å². The van der Waals surface area contributed by atoms with Crippen molar-refractivity contribution in [3.63, 3.8) is 0 Å². The second-order valence-electron chi connectivity index (χ2n) is 5.77. The van der Waals surface area contributed by atoms with E-state index in [4.69, 9.17) is 9.47 Å². The highest BCUT2D eigenvalue weighted by atomic mass is 16.5. The Morgan fingerprint density at radius 1 is 1.24 bits per heavy atom. The molecule has 3 rings (SSSR count). The number of carbonyl (C=O) groups excluding carboxylic acids is 1. The number of ether oxygens (including phenoxy) is 2. The smallest absolute Gasteiger partial charge is 0.161 e. The molecule has 1 atom stereocenters. The molecule has 1 N–H and O–H groups in total. The molecule has 1 heterocycles. The summed E-state index contributed by atoms with van der Waals surface area (Å²) in [6.07, 6.45) is 0.991. The molecular weight excluding hydrogens is 320 g/mol. The maximum Gasteiger partial charge on any atom is 0.161 e. The average Bonchev–Trinajstić information content (AvgIpc) is 3.02. The number of methoxy groups -OCH3 is 1. The molecule has 0 aliphatic heterocycles. The van der Waals surface area contributed by atoms with Gasteiger partial charge in [-0.2, -0.15) is 0 Å². The van der Waals surface area contributed by atoms with Crippen molar-refractivity contribution in [3.8, 4) is 11.5 Å². The third-order valence-electron chi connectivity index (χ3n) is 3.94. The SMILES string of the molecule is COc1cc(C(C)=O)ccc1OCC(O)Cn1cnc2ccccc21. The van der Waals surface area contributed by atoms with Gasteiger partial charge in [0.15, 0.2) is 17.3 Å². The molecule has 3 aromatic rings. The Kier molecular flexibility index (Phi) is 5.00. The van der Waals surface area contributed by atoms with Crippen LogP contribution in [0.4, 0.5) is 0 Å². The molecule has 0 spiro atoms. The molecule has 0 radical (unpaired) electrons. The number of nitrogens with zero attached hydrogens (tertiary/aromatic N) is 2. The van der Waals surface area contributed by atoms with Gasteiger partial charge in [-0.1, -0.05) is 12.1 Å². The highest BCUT2D eigenvalue weighted by Gasteiger charge is 2.12. The van der Waals surface area contributed by atoms with Crippen LogP contribution in [0.3, 0.4) is 0 Å². The van der Waals surface area contributed by atoms with E-state index in [1.54, 1.807) is 24.5 Å². The topological polar surface area (TPSA) is 73.6 Å². The molecular formula is C19H20N2O4. The lowest BCUT2D eigenvalue weighted by Crippen LogP contribution is -2.23. The van der Waals surface area contributed by atoms with Gasteiger partial charge in [-0.25, -0.2) is 4.98 Å². The number of aliphatic hydroxyl groups excluding tert-OH is 1. The van der Waals surface area contributed by atoms with Gasteiger partial charge in [-0.15, -0.1) is 0 Å². The first kappa shape index (κ1) is 17.0. The minimum Gasteiger partial charge on any atom is -0.493 e. The third kappa shape index (κ3) is 3.80. The van der Waals surface area contributed by atoms with Crippen LogP contribution in [0.5, 0.6) is 11.5 Å². The number of para-hydroxylation sites is 2. The van der Waals surface area contributed by atoms with Crippen LogP contribution in [0.2, 0.25) is 0 Å². The van der Waals surface area contributed by atoms with E-state index in [9.17, 15) is 9.90 Å². The zero-order chi connectivity index (χ0) is 17.8. The van der Waals surface area contributed by atoms with Crippen molar-refractivity contribution in [2.45, 2.75) is 19.6 Å². The minimum atomic E-state index is -0.713. The number of hydrogen-bond acceptors (Lipinski definition) is 5. The Morgan fingerprint density at radius 3 is 2.80 bits per heavy atom. The normalized spacial score (nSPS) is 12.1. The van der Waals surface area contributed by atoms with Crippen molar-refractivity contribution in [2.24, 2.45) is 0 Å². The lowest BCUT2D eigenvalue weighted by molar-refractivity contribution is 0.0917. The lowest BCUT2D eigenvalue weighted by atomic mass is 10.1. The largest absolute Gasteiger partial charge is 0.493 e. The Labute approximate surface area is 145 Å². The van der Waals surface area contributed by atoms with Crippen LogP contribution < -0.4 is 9.47 Å². The summed E-state index contributed by atoms with van der Waals surface area (Å²) in [7, 11) is 1.51. The van der Waals surface area contributed by atoms with Crippen LogP contribution in [0.1, 0.15) is 17.3 Å². The monoisotopic (exact) mass is 340 g/mol. The van der Waals surface area contributed by atoms with Gasteiger partial charge >= 0.3 is 0 Å². The van der Waals surface area contributed by atoms with Crippen LogP contribution >= 0.6 is 0 Å². The average molecular weight is 340 g/mol. The molecule has 0 saturated carbocycles. The van der Waals surface area contributed by atoms with Crippen LogP contribution in [-0.2, 0) is 6.54 Å². The first-order valence-corrected chi connectivity index (χ1v) is 7.98. The predicted octanol–water partition coefficient (Wildman–Crippen LogP) is 2.69. The molecule has 25 heavy (non-hydrogen) atoms. The van der Waals surface area contributed by atoms with E-state index < -0.39 is 6.10 Å². The summed E-state index contributed by atoms with van der Waals surface area (Å²) >= 11 is 0. The number of carbonyl (C=O) groups is 1. The molecule has 130 valence electrons. The van der Waals surface area contributed by atoms with Crippen LogP contribution in [0.15, 0.2) is 48.8 Å². The predicted molar refractivity (Wildman–Crippen MR) is 94.2 cm³/mol. The first-order chi connectivity index (χ1) is 12.1. The highest BCUT2D eigenvalue weighted by molar-refractivity contribution is 5.94.